The molecule has 5 aromatic rings. The highest BCUT2D eigenvalue weighted by Crippen LogP contribution is 2.33. The Morgan fingerprint density at radius 2 is 1.41 bits per heavy atom. The lowest BCUT2D eigenvalue weighted by Crippen LogP contribution is -2.41. The van der Waals surface area contributed by atoms with Gasteiger partial charge in [-0.1, -0.05) is 24.3 Å². The number of nitrogens with two attached hydrogens (primary N) is 3. The Morgan fingerprint density at radius 3 is 1.96 bits per heavy atom. The lowest BCUT2D eigenvalue weighted by atomic mass is 9.93. The maximum atomic E-state index is 13.9. The van der Waals surface area contributed by atoms with Crippen LogP contribution in [0.5, 0.6) is 11.5 Å². The number of fused-ring (bicyclic) bond motifs is 2. The topological polar surface area (TPSA) is 284 Å². The number of piperidine rings is 1. The number of benzene rings is 2. The summed E-state index contributed by atoms with van der Waals surface area (Å²) in [5, 5.41) is 10.2. The van der Waals surface area contributed by atoms with E-state index in [-0.39, 0.29) is 60.3 Å². The third-order valence-electron chi connectivity index (χ3n) is 11.2. The lowest BCUT2D eigenvalue weighted by molar-refractivity contribution is -0.110. The number of ether oxygens (including phenoxy) is 3. The number of carbonyl (C=O) groups is 5. The minimum atomic E-state index is -0.696. The van der Waals surface area contributed by atoms with Gasteiger partial charge in [0.05, 0.1) is 23.8 Å². The summed E-state index contributed by atoms with van der Waals surface area (Å²) >= 11 is 0. The SMILES string of the molecule is CCN=C(/C=C(/C)N)C(=O)Nc1nc2cc(C(N)=O)cc(OC)c2n1C/C=C/Cn1c(NC(=O)c2cc(C)nn2CC)nc2cc(C(N)=O)cc(OC/C=C/CC3CCN(C(=O)OC(C)(C)C)CC3)c21. The number of aryl methyl sites for hydroxylation is 2. The first kappa shape index (κ1) is 51.4. The first-order valence-corrected chi connectivity index (χ1v) is 23.1. The Bertz CT molecular complexity index is 2900. The fourth-order valence-corrected chi connectivity index (χ4v) is 7.96. The van der Waals surface area contributed by atoms with E-state index in [1.807, 2.05) is 52.0 Å². The van der Waals surface area contributed by atoms with Crippen LogP contribution < -0.4 is 37.3 Å². The maximum Gasteiger partial charge on any atom is 0.410 e. The number of hydrogen-bond donors (Lipinski definition) is 5. The number of likely N-dealkylation sites (tertiary alicyclic amines) is 1. The zero-order valence-corrected chi connectivity index (χ0v) is 41.0. The third kappa shape index (κ3) is 12.6. The van der Waals surface area contributed by atoms with E-state index in [1.54, 1.807) is 51.6 Å². The number of nitrogens with zero attached hydrogens (tertiary/aromatic N) is 8. The molecule has 0 radical (unpaired) electrons. The number of hydrogen-bond acceptors (Lipinski definition) is 13. The van der Waals surface area contributed by atoms with Gasteiger partial charge >= 0.3 is 6.09 Å². The van der Waals surface area contributed by atoms with Gasteiger partial charge in [0.1, 0.15) is 46.1 Å². The van der Waals surface area contributed by atoms with Gasteiger partial charge in [-0.3, -0.25) is 39.5 Å². The monoisotopic (exact) mass is 961 g/mol. The Kier molecular flexibility index (Phi) is 16.5. The van der Waals surface area contributed by atoms with Crippen molar-refractivity contribution in [3.63, 3.8) is 0 Å². The quantitative estimate of drug-likeness (QED) is 0.0481. The van der Waals surface area contributed by atoms with E-state index in [0.717, 1.165) is 19.3 Å². The number of anilines is 2. The molecule has 6 rings (SSSR count). The Balaban J connectivity index is 1.32. The standard InChI is InChI=1S/C49H63N13O8/c1-9-53-36(23-29(3)50)44(65)56-46-54-34-25-32(42(51)63)27-38(68-8)40(34)60(46)18-12-13-19-61-41-35(55-47(61)57-45(66)37-24-30(4)58-62(37)10-2)26-33(43(52)64)28-39(41)69-22-14-11-15-31-16-20-59(21-17-31)48(67)70-49(5,6)7/h11-14,23-28,31H,9-10,15-22,50H2,1-8H3,(H2,51,63)(H2,52,64)(H,54,56,65)(H,55,57,66)/b13-12+,14-11+,29-23-,53-36?. The minimum Gasteiger partial charge on any atom is -0.494 e. The highest BCUT2D eigenvalue weighted by atomic mass is 16.6. The molecule has 0 atom stereocenters. The number of methoxy groups -OCH3 is 1. The highest BCUT2D eigenvalue weighted by molar-refractivity contribution is 6.47. The molecule has 70 heavy (non-hydrogen) atoms. The van der Waals surface area contributed by atoms with Gasteiger partial charge in [-0.05, 0) is 110 Å². The molecular weight excluding hydrogens is 899 g/mol. The van der Waals surface area contributed by atoms with Crippen LogP contribution >= 0.6 is 0 Å². The van der Waals surface area contributed by atoms with Crippen LogP contribution in [0, 0.1) is 12.8 Å². The summed E-state index contributed by atoms with van der Waals surface area (Å²) in [6, 6.07) is 7.77. The third-order valence-corrected chi connectivity index (χ3v) is 11.2. The van der Waals surface area contributed by atoms with Crippen molar-refractivity contribution in [2.75, 3.05) is 44.0 Å². The van der Waals surface area contributed by atoms with Crippen molar-refractivity contribution in [3.05, 3.63) is 88.9 Å². The largest absolute Gasteiger partial charge is 0.494 e. The summed E-state index contributed by atoms with van der Waals surface area (Å²) in [6.45, 7) is 15.0. The average molecular weight is 962 g/mol. The molecule has 2 aromatic carbocycles. The van der Waals surface area contributed by atoms with E-state index in [1.165, 1.54) is 31.4 Å². The molecule has 0 saturated carbocycles. The first-order valence-electron chi connectivity index (χ1n) is 23.1. The summed E-state index contributed by atoms with van der Waals surface area (Å²) in [5.41, 5.74) is 20.2. The van der Waals surface area contributed by atoms with Gasteiger partial charge in [-0.15, -0.1) is 0 Å². The first-order chi connectivity index (χ1) is 33.3. The molecule has 21 heteroatoms. The average Bonchev–Trinajstić information content (AvgIpc) is 3.98. The van der Waals surface area contributed by atoms with Crippen molar-refractivity contribution < 1.29 is 38.2 Å². The lowest BCUT2D eigenvalue weighted by Gasteiger charge is -2.33. The Hall–Kier alpha value is -7.97. The molecule has 1 aliphatic heterocycles. The van der Waals surface area contributed by atoms with Crippen molar-refractivity contribution >= 4 is 69.4 Å². The number of imidazole rings is 2. The minimum absolute atomic E-state index is 0.0885. The Morgan fingerprint density at radius 1 is 0.829 bits per heavy atom. The van der Waals surface area contributed by atoms with E-state index in [2.05, 4.69) is 25.7 Å². The zero-order chi connectivity index (χ0) is 50.9. The van der Waals surface area contributed by atoms with Crippen molar-refractivity contribution in [2.45, 2.75) is 93.0 Å². The van der Waals surface area contributed by atoms with E-state index in [4.69, 9.17) is 36.4 Å². The maximum absolute atomic E-state index is 13.9. The van der Waals surface area contributed by atoms with Crippen molar-refractivity contribution in [3.8, 4) is 11.5 Å². The van der Waals surface area contributed by atoms with Gasteiger partial charge < -0.3 is 45.4 Å². The van der Waals surface area contributed by atoms with E-state index in [9.17, 15) is 24.0 Å². The van der Waals surface area contributed by atoms with Gasteiger partial charge in [-0.2, -0.15) is 5.10 Å². The second kappa shape index (κ2) is 22.4. The smallest absolute Gasteiger partial charge is 0.410 e. The summed E-state index contributed by atoms with van der Waals surface area (Å²) < 4.78 is 22.6. The van der Waals surface area contributed by atoms with Crippen LogP contribution in [0.4, 0.5) is 16.7 Å². The summed E-state index contributed by atoms with van der Waals surface area (Å²) in [7, 11) is 1.44. The molecule has 0 aliphatic carbocycles. The number of rotatable bonds is 19. The fourth-order valence-electron chi connectivity index (χ4n) is 7.96. The van der Waals surface area contributed by atoms with Crippen LogP contribution in [0.25, 0.3) is 22.1 Å². The number of primary amides is 2. The second-order valence-corrected chi connectivity index (χ2v) is 17.8. The number of nitrogens with one attached hydrogen (secondary N) is 2. The van der Waals surface area contributed by atoms with E-state index < -0.39 is 29.2 Å². The predicted molar refractivity (Wildman–Crippen MR) is 267 cm³/mol. The van der Waals surface area contributed by atoms with Gasteiger partial charge in [0, 0.05) is 56.1 Å². The fraction of sp³-hybridized carbons (Fsp3) is 0.408. The molecule has 0 unspecified atom stereocenters. The number of allylic oxidation sites excluding steroid dienone is 4. The van der Waals surface area contributed by atoms with Crippen molar-refractivity contribution in [2.24, 2.45) is 28.1 Å². The summed E-state index contributed by atoms with van der Waals surface area (Å²) in [5.74, 6) is -1.19. The van der Waals surface area contributed by atoms with Crippen LogP contribution in [0.1, 0.15) is 97.7 Å². The molecule has 8 N–H and O–H groups in total. The summed E-state index contributed by atoms with van der Waals surface area (Å²) in [6.07, 6.45) is 11.2. The molecule has 3 aromatic heterocycles. The number of carbonyl (C=O) groups excluding carboxylic acids is 5. The van der Waals surface area contributed by atoms with Gasteiger partial charge in [0.15, 0.2) is 0 Å². The van der Waals surface area contributed by atoms with Crippen LogP contribution in [0.3, 0.4) is 0 Å². The number of aliphatic imine (C=N–C) groups is 1. The highest BCUT2D eigenvalue weighted by Gasteiger charge is 2.27. The van der Waals surface area contributed by atoms with Crippen molar-refractivity contribution in [1.29, 1.82) is 0 Å². The van der Waals surface area contributed by atoms with Crippen LogP contribution in [0.15, 0.2) is 71.4 Å². The normalized spacial score (nSPS) is 14.0. The van der Waals surface area contributed by atoms with E-state index in [0.29, 0.717) is 77.0 Å². The van der Waals surface area contributed by atoms with Crippen molar-refractivity contribution in [1.82, 2.24) is 33.8 Å². The number of amides is 5. The second-order valence-electron chi connectivity index (χ2n) is 17.8. The zero-order valence-electron chi connectivity index (χ0n) is 41.0. The van der Waals surface area contributed by atoms with Gasteiger partial charge in [0.2, 0.25) is 23.7 Å². The van der Waals surface area contributed by atoms with E-state index >= 15 is 0 Å². The molecule has 5 amide bonds. The number of aromatic nitrogens is 6. The molecular formula is C49H63N13O8. The molecule has 4 heterocycles. The van der Waals surface area contributed by atoms with Crippen LogP contribution in [-0.2, 0) is 29.2 Å². The molecule has 1 saturated heterocycles. The molecule has 372 valence electrons. The molecule has 0 bridgehead atoms. The van der Waals surface area contributed by atoms with Crippen LogP contribution in [-0.4, -0.2) is 108 Å². The Labute approximate surface area is 405 Å². The summed E-state index contributed by atoms with van der Waals surface area (Å²) in [4.78, 5) is 80.5. The molecule has 0 spiro atoms. The van der Waals surface area contributed by atoms with Gasteiger partial charge in [0.25, 0.3) is 11.8 Å². The molecule has 1 fully saturated rings. The molecule has 1 aliphatic rings. The predicted octanol–water partition coefficient (Wildman–Crippen LogP) is 5.86. The van der Waals surface area contributed by atoms with Gasteiger partial charge in [-0.25, -0.2) is 14.8 Å². The molecule has 21 nitrogen and oxygen atoms in total. The van der Waals surface area contributed by atoms with Crippen LogP contribution in [0.2, 0.25) is 0 Å².